The lowest BCUT2D eigenvalue weighted by Gasteiger charge is -2.24. The highest BCUT2D eigenvalue weighted by Gasteiger charge is 2.21. The van der Waals surface area contributed by atoms with Crippen LogP contribution in [0.1, 0.15) is 13.3 Å². The molecule has 0 radical (unpaired) electrons. The van der Waals surface area contributed by atoms with E-state index in [0.29, 0.717) is 39.8 Å². The first-order valence-electron chi connectivity index (χ1n) is 11.9. The molecule has 5 rings (SSSR count). The van der Waals surface area contributed by atoms with Gasteiger partial charge in [-0.3, -0.25) is 14.2 Å². The van der Waals surface area contributed by atoms with Crippen LogP contribution in [-0.2, 0) is 16.1 Å². The Kier molecular flexibility index (Phi) is 7.21. The number of rotatable bonds is 8. The van der Waals surface area contributed by atoms with E-state index in [2.05, 4.69) is 5.32 Å². The first kappa shape index (κ1) is 23.7. The molecule has 2 aliphatic heterocycles. The van der Waals surface area contributed by atoms with Crippen molar-refractivity contribution < 1.29 is 23.9 Å². The molecule has 0 spiro atoms. The number of amides is 1. The minimum Gasteiger partial charge on any atom is -0.454 e. The summed E-state index contributed by atoms with van der Waals surface area (Å²) < 4.78 is 17.9. The molecule has 0 saturated carbocycles. The smallest absolute Gasteiger partial charge is 0.262 e. The number of nitrogens with zero attached hydrogens (tertiary/aromatic N) is 2. The fourth-order valence-corrected chi connectivity index (χ4v) is 5.20. The maximum Gasteiger partial charge on any atom is 0.262 e. The number of hydrogen-bond acceptors (Lipinski definition) is 7. The van der Waals surface area contributed by atoms with Gasteiger partial charge >= 0.3 is 0 Å². The second-order valence-electron chi connectivity index (χ2n) is 8.65. The summed E-state index contributed by atoms with van der Waals surface area (Å²) >= 11 is 1.30. The number of aromatic nitrogens is 2. The number of nitrogens with one attached hydrogen (secondary N) is 2. The van der Waals surface area contributed by atoms with Gasteiger partial charge in [-0.25, -0.2) is 4.98 Å². The number of quaternary nitrogens is 1. The summed E-state index contributed by atoms with van der Waals surface area (Å²) in [6, 6.07) is 12.7. The van der Waals surface area contributed by atoms with Crippen LogP contribution in [0, 0.1) is 0 Å². The highest BCUT2D eigenvalue weighted by atomic mass is 32.2. The lowest BCUT2D eigenvalue weighted by molar-refractivity contribution is -0.908. The van der Waals surface area contributed by atoms with Crippen LogP contribution in [0.25, 0.3) is 10.9 Å². The number of carbonyl (C=O) groups is 1. The predicted molar refractivity (Wildman–Crippen MR) is 134 cm³/mol. The molecule has 1 amide bonds. The molecule has 0 unspecified atom stereocenters. The van der Waals surface area contributed by atoms with E-state index in [-0.39, 0.29) is 18.3 Å². The Morgan fingerprint density at radius 3 is 2.83 bits per heavy atom. The first-order chi connectivity index (χ1) is 17.1. The Bertz CT molecular complexity index is 1270. The van der Waals surface area contributed by atoms with E-state index in [0.717, 1.165) is 39.3 Å². The minimum absolute atomic E-state index is 0.0709. The molecule has 10 heteroatoms. The number of benzene rings is 2. The third-order valence-corrected chi connectivity index (χ3v) is 7.32. The number of carbonyl (C=O) groups excluding carboxylic acids is 1. The van der Waals surface area contributed by atoms with Gasteiger partial charge < -0.3 is 24.4 Å². The lowest BCUT2D eigenvalue weighted by atomic mass is 10.2. The summed E-state index contributed by atoms with van der Waals surface area (Å²) in [4.78, 5) is 32.6. The zero-order chi connectivity index (χ0) is 24.2. The minimum atomic E-state index is -0.468. The van der Waals surface area contributed by atoms with Crippen molar-refractivity contribution in [3.05, 3.63) is 52.8 Å². The van der Waals surface area contributed by atoms with Gasteiger partial charge in [-0.2, -0.15) is 0 Å². The van der Waals surface area contributed by atoms with Gasteiger partial charge in [0.1, 0.15) is 13.1 Å². The molecule has 0 bridgehead atoms. The summed E-state index contributed by atoms with van der Waals surface area (Å²) in [5, 5.41) is 3.60. The van der Waals surface area contributed by atoms with E-state index in [4.69, 9.17) is 19.2 Å². The standard InChI is InChI=1S/C25H28N4O5S/c1-17(23(30)26-18-7-8-21-22(15-18)34-16-33-21)35-25-27-20-6-3-2-5-19(20)24(31)29(25)10-4-9-28-11-13-32-14-12-28/h2-3,5-8,15,17H,4,9-14,16H2,1H3,(H,26,30)/p+1/t17-/m0/s1. The summed E-state index contributed by atoms with van der Waals surface area (Å²) in [5.74, 6) is 1.09. The van der Waals surface area contributed by atoms with Crippen LogP contribution in [0.15, 0.2) is 52.4 Å². The normalized spacial score (nSPS) is 16.4. The number of hydrogen-bond donors (Lipinski definition) is 2. The molecule has 3 aromatic rings. The van der Waals surface area contributed by atoms with E-state index < -0.39 is 5.25 Å². The van der Waals surface area contributed by atoms with Crippen molar-refractivity contribution in [3.8, 4) is 11.5 Å². The Hall–Kier alpha value is -3.08. The molecule has 9 nitrogen and oxygen atoms in total. The van der Waals surface area contributed by atoms with Crippen LogP contribution < -0.4 is 25.2 Å². The van der Waals surface area contributed by atoms with Crippen LogP contribution in [0.2, 0.25) is 0 Å². The average Bonchev–Trinajstić information content (AvgIpc) is 3.34. The Balaban J connectivity index is 1.32. The SMILES string of the molecule is C[C@H](Sc1nc2ccccc2c(=O)n1CCC[NH+]1CCOCC1)C(=O)Nc1ccc2c(c1)OCO2. The maximum absolute atomic E-state index is 13.3. The van der Waals surface area contributed by atoms with Gasteiger partial charge in [0.25, 0.3) is 5.56 Å². The Labute approximate surface area is 207 Å². The predicted octanol–water partition coefficient (Wildman–Crippen LogP) is 1.55. The van der Waals surface area contributed by atoms with Crippen LogP contribution in [0.5, 0.6) is 11.5 Å². The molecule has 1 fully saturated rings. The maximum atomic E-state index is 13.3. The fourth-order valence-electron chi connectivity index (χ4n) is 4.26. The third-order valence-electron chi connectivity index (χ3n) is 6.23. The molecule has 2 aromatic carbocycles. The average molecular weight is 498 g/mol. The van der Waals surface area contributed by atoms with Gasteiger partial charge in [0.15, 0.2) is 16.7 Å². The van der Waals surface area contributed by atoms with E-state index >= 15 is 0 Å². The first-order valence-corrected chi connectivity index (χ1v) is 12.7. The van der Waals surface area contributed by atoms with Gasteiger partial charge in [0.2, 0.25) is 12.7 Å². The highest BCUT2D eigenvalue weighted by Crippen LogP contribution is 2.34. The third kappa shape index (κ3) is 5.44. The molecule has 1 saturated heterocycles. The fraction of sp³-hybridized carbons (Fsp3) is 0.400. The van der Waals surface area contributed by atoms with Crippen molar-refractivity contribution in [3.63, 3.8) is 0 Å². The van der Waals surface area contributed by atoms with Crippen molar-refractivity contribution in [1.29, 1.82) is 0 Å². The number of ether oxygens (including phenoxy) is 3. The van der Waals surface area contributed by atoms with Gasteiger partial charge in [-0.05, 0) is 31.2 Å². The van der Waals surface area contributed by atoms with Crippen molar-refractivity contribution in [2.45, 2.75) is 30.3 Å². The molecular formula is C25H29N4O5S+. The van der Waals surface area contributed by atoms with Crippen molar-refractivity contribution in [2.24, 2.45) is 0 Å². The molecule has 3 heterocycles. The van der Waals surface area contributed by atoms with E-state index in [9.17, 15) is 9.59 Å². The van der Waals surface area contributed by atoms with Crippen LogP contribution in [-0.4, -0.2) is 60.3 Å². The molecule has 2 aliphatic rings. The van der Waals surface area contributed by atoms with Gasteiger partial charge in [-0.1, -0.05) is 23.9 Å². The quantitative estimate of drug-likeness (QED) is 0.360. The molecule has 0 aliphatic carbocycles. The molecule has 184 valence electrons. The summed E-state index contributed by atoms with van der Waals surface area (Å²) in [6.07, 6.45) is 0.848. The molecule has 35 heavy (non-hydrogen) atoms. The van der Waals surface area contributed by atoms with Gasteiger partial charge in [-0.15, -0.1) is 0 Å². The topological polar surface area (TPSA) is 96.1 Å². The van der Waals surface area contributed by atoms with Gasteiger partial charge in [0, 0.05) is 24.7 Å². The summed E-state index contributed by atoms with van der Waals surface area (Å²) in [5.41, 5.74) is 1.20. The van der Waals surface area contributed by atoms with Crippen molar-refractivity contribution >= 4 is 34.3 Å². The van der Waals surface area contributed by atoms with Crippen LogP contribution in [0.3, 0.4) is 0 Å². The molecule has 1 atom stereocenters. The lowest BCUT2D eigenvalue weighted by Crippen LogP contribution is -3.14. The molecule has 2 N–H and O–H groups in total. The number of para-hydroxylation sites is 1. The largest absolute Gasteiger partial charge is 0.454 e. The molecule has 1 aromatic heterocycles. The summed E-state index contributed by atoms with van der Waals surface area (Å²) in [6.45, 7) is 7.06. The zero-order valence-corrected chi connectivity index (χ0v) is 20.4. The highest BCUT2D eigenvalue weighted by molar-refractivity contribution is 8.00. The van der Waals surface area contributed by atoms with Crippen LogP contribution in [0.4, 0.5) is 5.69 Å². The number of anilines is 1. The second kappa shape index (κ2) is 10.7. The van der Waals surface area contributed by atoms with Crippen molar-refractivity contribution in [2.75, 3.05) is 45.0 Å². The number of fused-ring (bicyclic) bond motifs is 2. The number of thioether (sulfide) groups is 1. The Morgan fingerprint density at radius 2 is 1.97 bits per heavy atom. The van der Waals surface area contributed by atoms with Gasteiger partial charge in [0.05, 0.1) is 35.9 Å². The monoisotopic (exact) mass is 497 g/mol. The number of morpholine rings is 1. The van der Waals surface area contributed by atoms with E-state index in [1.54, 1.807) is 28.8 Å². The second-order valence-corrected chi connectivity index (χ2v) is 9.96. The van der Waals surface area contributed by atoms with Crippen LogP contribution >= 0.6 is 11.8 Å². The summed E-state index contributed by atoms with van der Waals surface area (Å²) in [7, 11) is 0. The zero-order valence-electron chi connectivity index (χ0n) is 19.6. The van der Waals surface area contributed by atoms with Crippen molar-refractivity contribution in [1.82, 2.24) is 9.55 Å². The van der Waals surface area contributed by atoms with E-state index in [1.807, 2.05) is 25.1 Å². The van der Waals surface area contributed by atoms with E-state index in [1.165, 1.54) is 16.7 Å². The molecular weight excluding hydrogens is 468 g/mol. The Morgan fingerprint density at radius 1 is 1.17 bits per heavy atom.